The molecule has 1 aromatic carbocycles. The molecule has 0 radical (unpaired) electrons. The molecule has 6 heteroatoms. The molecular formula is C14H17ClN4O. The van der Waals surface area contributed by atoms with Crippen LogP contribution >= 0.6 is 11.6 Å². The molecule has 0 amide bonds. The van der Waals surface area contributed by atoms with Gasteiger partial charge in [0.2, 0.25) is 5.88 Å². The molecule has 1 aromatic heterocycles. The molecule has 5 nitrogen and oxygen atoms in total. The third-order valence-corrected chi connectivity index (χ3v) is 3.38. The summed E-state index contributed by atoms with van der Waals surface area (Å²) in [6.07, 6.45) is 2.97. The lowest BCUT2D eigenvalue weighted by molar-refractivity contribution is 0.455. The first-order valence-electron chi connectivity index (χ1n) is 6.46. The van der Waals surface area contributed by atoms with Gasteiger partial charge in [0, 0.05) is 5.02 Å². The van der Waals surface area contributed by atoms with Crippen LogP contribution in [0.2, 0.25) is 5.02 Å². The number of ether oxygens (including phenoxy) is 1. The molecule has 1 heterocycles. The van der Waals surface area contributed by atoms with Gasteiger partial charge in [-0.15, -0.1) is 0 Å². The number of hydrogen-bond donors (Lipinski definition) is 2. The molecular weight excluding hydrogens is 276 g/mol. The van der Waals surface area contributed by atoms with Crippen LogP contribution in [0.15, 0.2) is 24.5 Å². The maximum atomic E-state index is 6.10. The Hall–Kier alpha value is -1.85. The predicted octanol–water partition coefficient (Wildman–Crippen LogP) is 3.33. The molecule has 0 saturated carbocycles. The molecule has 20 heavy (non-hydrogen) atoms. The Morgan fingerprint density at radius 1 is 1.25 bits per heavy atom. The third kappa shape index (κ3) is 3.00. The van der Waals surface area contributed by atoms with Gasteiger partial charge in [-0.25, -0.2) is 15.8 Å². The van der Waals surface area contributed by atoms with Crippen LogP contribution in [0.5, 0.6) is 11.6 Å². The van der Waals surface area contributed by atoms with Crippen molar-refractivity contribution in [2.45, 2.75) is 26.7 Å². The third-order valence-electron chi connectivity index (χ3n) is 3.01. The summed E-state index contributed by atoms with van der Waals surface area (Å²) in [5, 5.41) is 0.738. The van der Waals surface area contributed by atoms with Crippen molar-refractivity contribution in [1.29, 1.82) is 0 Å². The van der Waals surface area contributed by atoms with Crippen LogP contribution in [-0.2, 0) is 12.8 Å². The van der Waals surface area contributed by atoms with E-state index in [0.717, 1.165) is 22.6 Å². The normalized spacial score (nSPS) is 10.4. The SMILES string of the molecule is CCc1cc(Oc2ncnc(NN)c2CC)ccc1Cl. The van der Waals surface area contributed by atoms with Crippen molar-refractivity contribution in [2.75, 3.05) is 5.43 Å². The quantitative estimate of drug-likeness (QED) is 0.653. The molecule has 2 aromatic rings. The average Bonchev–Trinajstić information content (AvgIpc) is 2.48. The highest BCUT2D eigenvalue weighted by Crippen LogP contribution is 2.29. The van der Waals surface area contributed by atoms with Crippen LogP contribution in [0, 0.1) is 0 Å². The first-order chi connectivity index (χ1) is 9.69. The lowest BCUT2D eigenvalue weighted by Crippen LogP contribution is -2.12. The molecule has 0 bridgehead atoms. The fourth-order valence-electron chi connectivity index (χ4n) is 1.92. The number of nitrogens with two attached hydrogens (primary N) is 1. The molecule has 0 aliphatic heterocycles. The van der Waals surface area contributed by atoms with Gasteiger partial charge in [0.15, 0.2) is 0 Å². The molecule has 0 unspecified atom stereocenters. The zero-order chi connectivity index (χ0) is 14.5. The number of hydrogen-bond acceptors (Lipinski definition) is 5. The molecule has 0 aliphatic rings. The van der Waals surface area contributed by atoms with E-state index in [4.69, 9.17) is 22.2 Å². The highest BCUT2D eigenvalue weighted by atomic mass is 35.5. The molecule has 0 saturated heterocycles. The van der Waals surface area contributed by atoms with Crippen molar-refractivity contribution in [3.8, 4) is 11.6 Å². The number of anilines is 1. The van der Waals surface area contributed by atoms with E-state index in [1.807, 2.05) is 32.0 Å². The summed E-state index contributed by atoms with van der Waals surface area (Å²) >= 11 is 6.10. The van der Waals surface area contributed by atoms with Crippen LogP contribution in [-0.4, -0.2) is 9.97 Å². The van der Waals surface area contributed by atoms with E-state index in [1.165, 1.54) is 6.33 Å². The summed E-state index contributed by atoms with van der Waals surface area (Å²) < 4.78 is 5.84. The number of rotatable bonds is 5. The predicted molar refractivity (Wildman–Crippen MR) is 80.1 cm³/mol. The lowest BCUT2D eigenvalue weighted by atomic mass is 10.1. The smallest absolute Gasteiger partial charge is 0.227 e. The number of nitrogens with zero attached hydrogens (tertiary/aromatic N) is 2. The number of aryl methyl sites for hydroxylation is 1. The maximum absolute atomic E-state index is 6.10. The van der Waals surface area contributed by atoms with Crippen molar-refractivity contribution in [3.05, 3.63) is 40.7 Å². The first kappa shape index (κ1) is 14.6. The second-order valence-electron chi connectivity index (χ2n) is 4.21. The van der Waals surface area contributed by atoms with E-state index in [9.17, 15) is 0 Å². The molecule has 106 valence electrons. The van der Waals surface area contributed by atoms with E-state index in [-0.39, 0.29) is 0 Å². The van der Waals surface area contributed by atoms with Gasteiger partial charge < -0.3 is 10.2 Å². The van der Waals surface area contributed by atoms with E-state index in [0.29, 0.717) is 23.9 Å². The Morgan fingerprint density at radius 2 is 2.05 bits per heavy atom. The van der Waals surface area contributed by atoms with Gasteiger partial charge in [0.1, 0.15) is 17.9 Å². The lowest BCUT2D eigenvalue weighted by Gasteiger charge is -2.12. The topological polar surface area (TPSA) is 73.1 Å². The molecule has 0 spiro atoms. The first-order valence-corrected chi connectivity index (χ1v) is 6.84. The van der Waals surface area contributed by atoms with Gasteiger partial charge in [-0.05, 0) is 36.6 Å². The van der Waals surface area contributed by atoms with Crippen LogP contribution in [0.3, 0.4) is 0 Å². The van der Waals surface area contributed by atoms with Gasteiger partial charge >= 0.3 is 0 Å². The zero-order valence-corrected chi connectivity index (χ0v) is 12.2. The average molecular weight is 293 g/mol. The number of aromatic nitrogens is 2. The van der Waals surface area contributed by atoms with Gasteiger partial charge in [-0.1, -0.05) is 25.4 Å². The maximum Gasteiger partial charge on any atom is 0.227 e. The minimum atomic E-state index is 0.500. The van der Waals surface area contributed by atoms with E-state index >= 15 is 0 Å². The molecule has 0 atom stereocenters. The number of halogens is 1. The molecule has 0 aliphatic carbocycles. The van der Waals surface area contributed by atoms with Crippen molar-refractivity contribution in [2.24, 2.45) is 5.84 Å². The molecule has 3 N–H and O–H groups in total. The van der Waals surface area contributed by atoms with E-state index in [1.54, 1.807) is 0 Å². The summed E-state index contributed by atoms with van der Waals surface area (Å²) in [4.78, 5) is 8.24. The molecule has 2 rings (SSSR count). The standard InChI is InChI=1S/C14H17ClN4O/c1-3-9-7-10(5-6-12(9)15)20-14-11(4-2)13(19-16)17-8-18-14/h5-8H,3-4,16H2,1-2H3,(H,17,18,19). The van der Waals surface area contributed by atoms with E-state index < -0.39 is 0 Å². The Bertz CT molecular complexity index is 604. The Labute approximate surface area is 123 Å². The second kappa shape index (κ2) is 6.54. The summed E-state index contributed by atoms with van der Waals surface area (Å²) in [5.74, 6) is 7.21. The van der Waals surface area contributed by atoms with Crippen LogP contribution < -0.4 is 16.0 Å². The number of hydrazine groups is 1. The summed E-state index contributed by atoms with van der Waals surface area (Å²) in [6.45, 7) is 4.04. The van der Waals surface area contributed by atoms with Crippen LogP contribution in [0.1, 0.15) is 25.0 Å². The fraction of sp³-hybridized carbons (Fsp3) is 0.286. The van der Waals surface area contributed by atoms with Gasteiger partial charge in [0.25, 0.3) is 0 Å². The minimum absolute atomic E-state index is 0.500. The van der Waals surface area contributed by atoms with Crippen molar-refractivity contribution < 1.29 is 4.74 Å². The summed E-state index contributed by atoms with van der Waals surface area (Å²) in [7, 11) is 0. The Balaban J connectivity index is 2.34. The highest BCUT2D eigenvalue weighted by Gasteiger charge is 2.11. The number of nitrogens with one attached hydrogen (secondary N) is 1. The number of nitrogen functional groups attached to an aromatic ring is 1. The van der Waals surface area contributed by atoms with Gasteiger partial charge in [0.05, 0.1) is 5.56 Å². The van der Waals surface area contributed by atoms with Gasteiger partial charge in [-0.3, -0.25) is 0 Å². The fourth-order valence-corrected chi connectivity index (χ4v) is 2.18. The van der Waals surface area contributed by atoms with Crippen LogP contribution in [0.25, 0.3) is 0 Å². The Morgan fingerprint density at radius 3 is 2.70 bits per heavy atom. The highest BCUT2D eigenvalue weighted by molar-refractivity contribution is 6.31. The Kier molecular flexibility index (Phi) is 4.76. The second-order valence-corrected chi connectivity index (χ2v) is 4.62. The van der Waals surface area contributed by atoms with Crippen molar-refractivity contribution in [3.63, 3.8) is 0 Å². The van der Waals surface area contributed by atoms with E-state index in [2.05, 4.69) is 15.4 Å². The summed E-state index contributed by atoms with van der Waals surface area (Å²) in [5.41, 5.74) is 4.42. The molecule has 0 fully saturated rings. The monoisotopic (exact) mass is 292 g/mol. The zero-order valence-electron chi connectivity index (χ0n) is 11.5. The summed E-state index contributed by atoms with van der Waals surface area (Å²) in [6, 6.07) is 5.56. The van der Waals surface area contributed by atoms with Crippen molar-refractivity contribution in [1.82, 2.24) is 9.97 Å². The minimum Gasteiger partial charge on any atom is -0.439 e. The van der Waals surface area contributed by atoms with Gasteiger partial charge in [-0.2, -0.15) is 0 Å². The largest absolute Gasteiger partial charge is 0.439 e. The number of benzene rings is 1. The van der Waals surface area contributed by atoms with Crippen LogP contribution in [0.4, 0.5) is 5.82 Å². The van der Waals surface area contributed by atoms with Crippen molar-refractivity contribution >= 4 is 17.4 Å².